The average molecular weight is 223 g/mol. The Morgan fingerprint density at radius 1 is 1.38 bits per heavy atom. The number of aryl methyl sites for hydroxylation is 1. The third-order valence-electron chi connectivity index (χ3n) is 2.51. The third kappa shape index (κ3) is 3.68. The molecule has 0 aliphatic heterocycles. The zero-order valence-electron chi connectivity index (χ0n) is 10.6. The number of anilines is 1. The van der Waals surface area contributed by atoms with E-state index in [2.05, 4.69) is 29.1 Å². The van der Waals surface area contributed by atoms with E-state index in [-0.39, 0.29) is 0 Å². The van der Waals surface area contributed by atoms with Gasteiger partial charge in [0.2, 0.25) is 5.88 Å². The van der Waals surface area contributed by atoms with Gasteiger partial charge in [-0.05, 0) is 19.8 Å². The Morgan fingerprint density at radius 2 is 2.12 bits per heavy atom. The van der Waals surface area contributed by atoms with Gasteiger partial charge in [0.15, 0.2) is 0 Å². The second-order valence-electron chi connectivity index (χ2n) is 3.88. The maximum atomic E-state index is 5.12. The van der Waals surface area contributed by atoms with Crippen LogP contribution in [-0.2, 0) is 0 Å². The number of hydrogen-bond donors (Lipinski definition) is 1. The molecule has 0 radical (unpaired) electrons. The number of nitrogens with one attached hydrogen (secondary N) is 1. The highest BCUT2D eigenvalue weighted by molar-refractivity contribution is 5.39. The van der Waals surface area contributed by atoms with Crippen molar-refractivity contribution in [3.63, 3.8) is 0 Å². The van der Waals surface area contributed by atoms with Gasteiger partial charge in [0.05, 0.1) is 7.11 Å². The highest BCUT2D eigenvalue weighted by atomic mass is 16.5. The molecule has 1 aromatic heterocycles. The zero-order chi connectivity index (χ0) is 12.0. The zero-order valence-corrected chi connectivity index (χ0v) is 10.6. The van der Waals surface area contributed by atoms with Gasteiger partial charge in [0, 0.05) is 12.1 Å². The molecule has 4 nitrogen and oxygen atoms in total. The van der Waals surface area contributed by atoms with Gasteiger partial charge in [-0.25, -0.2) is 4.98 Å². The van der Waals surface area contributed by atoms with Crippen LogP contribution in [0.4, 0.5) is 5.82 Å². The first-order chi connectivity index (χ1) is 7.69. The standard InChI is InChI=1S/C12H21N3O/c1-5-7-10(6-2)15-11-8-12(16-4)14-9(3)13-11/h8,10H,5-7H2,1-4H3,(H,13,14,15). The predicted molar refractivity (Wildman–Crippen MR) is 65.9 cm³/mol. The normalized spacial score (nSPS) is 12.2. The fraction of sp³-hybridized carbons (Fsp3) is 0.667. The molecule has 1 rings (SSSR count). The van der Waals surface area contributed by atoms with Gasteiger partial charge in [-0.2, -0.15) is 4.98 Å². The first kappa shape index (κ1) is 12.7. The first-order valence-electron chi connectivity index (χ1n) is 5.85. The van der Waals surface area contributed by atoms with Gasteiger partial charge in [0.25, 0.3) is 0 Å². The molecular weight excluding hydrogens is 202 g/mol. The predicted octanol–water partition coefficient (Wildman–Crippen LogP) is 2.78. The van der Waals surface area contributed by atoms with Gasteiger partial charge < -0.3 is 10.1 Å². The number of methoxy groups -OCH3 is 1. The third-order valence-corrected chi connectivity index (χ3v) is 2.51. The van der Waals surface area contributed by atoms with Crippen LogP contribution in [0.2, 0.25) is 0 Å². The van der Waals surface area contributed by atoms with Crippen molar-refractivity contribution in [1.29, 1.82) is 0 Å². The topological polar surface area (TPSA) is 47.0 Å². The Morgan fingerprint density at radius 3 is 2.69 bits per heavy atom. The van der Waals surface area contributed by atoms with E-state index in [0.717, 1.165) is 24.5 Å². The molecule has 1 heterocycles. The van der Waals surface area contributed by atoms with E-state index in [1.165, 1.54) is 6.42 Å². The van der Waals surface area contributed by atoms with E-state index in [1.807, 2.05) is 13.0 Å². The number of nitrogens with zero attached hydrogens (tertiary/aromatic N) is 2. The minimum absolute atomic E-state index is 0.476. The molecule has 16 heavy (non-hydrogen) atoms. The van der Waals surface area contributed by atoms with E-state index in [9.17, 15) is 0 Å². The first-order valence-corrected chi connectivity index (χ1v) is 5.85. The molecule has 4 heteroatoms. The Kier molecular flexibility index (Phi) is 5.02. The Balaban J connectivity index is 2.74. The van der Waals surface area contributed by atoms with Gasteiger partial charge in [-0.3, -0.25) is 0 Å². The van der Waals surface area contributed by atoms with E-state index in [1.54, 1.807) is 7.11 Å². The molecule has 90 valence electrons. The molecule has 0 saturated carbocycles. The van der Waals surface area contributed by atoms with E-state index >= 15 is 0 Å². The average Bonchev–Trinajstić information content (AvgIpc) is 2.27. The molecule has 0 aromatic carbocycles. The molecule has 0 spiro atoms. The summed E-state index contributed by atoms with van der Waals surface area (Å²) in [5, 5.41) is 3.41. The lowest BCUT2D eigenvalue weighted by Crippen LogP contribution is -2.19. The fourth-order valence-corrected chi connectivity index (χ4v) is 1.65. The van der Waals surface area contributed by atoms with E-state index in [4.69, 9.17) is 4.74 Å². The maximum absolute atomic E-state index is 5.12. The van der Waals surface area contributed by atoms with Crippen molar-refractivity contribution in [2.24, 2.45) is 0 Å². The number of aromatic nitrogens is 2. The quantitative estimate of drug-likeness (QED) is 0.805. The van der Waals surface area contributed by atoms with Crippen LogP contribution < -0.4 is 10.1 Å². The summed E-state index contributed by atoms with van der Waals surface area (Å²) < 4.78 is 5.12. The van der Waals surface area contributed by atoms with Gasteiger partial charge >= 0.3 is 0 Å². The number of rotatable bonds is 6. The molecule has 0 aliphatic carbocycles. The van der Waals surface area contributed by atoms with Gasteiger partial charge in [-0.1, -0.05) is 20.3 Å². The SMILES string of the molecule is CCCC(CC)Nc1cc(OC)nc(C)n1. The van der Waals surface area contributed by atoms with Crippen LogP contribution in [0, 0.1) is 6.92 Å². The largest absolute Gasteiger partial charge is 0.481 e. The molecule has 0 fully saturated rings. The van der Waals surface area contributed by atoms with Gasteiger partial charge in [-0.15, -0.1) is 0 Å². The molecule has 1 aromatic rings. The number of ether oxygens (including phenoxy) is 1. The summed E-state index contributed by atoms with van der Waals surface area (Å²) in [7, 11) is 1.62. The summed E-state index contributed by atoms with van der Waals surface area (Å²) in [6.07, 6.45) is 3.42. The van der Waals surface area contributed by atoms with Crippen LogP contribution in [-0.4, -0.2) is 23.1 Å². The lowest BCUT2D eigenvalue weighted by atomic mass is 10.1. The molecule has 0 saturated heterocycles. The molecule has 0 aliphatic rings. The van der Waals surface area contributed by atoms with Crippen molar-refractivity contribution < 1.29 is 4.74 Å². The highest BCUT2D eigenvalue weighted by Gasteiger charge is 2.07. The molecule has 1 atom stereocenters. The summed E-state index contributed by atoms with van der Waals surface area (Å²) in [5.41, 5.74) is 0. The maximum Gasteiger partial charge on any atom is 0.218 e. The summed E-state index contributed by atoms with van der Waals surface area (Å²) in [4.78, 5) is 8.51. The van der Waals surface area contributed by atoms with E-state index < -0.39 is 0 Å². The molecule has 0 amide bonds. The van der Waals surface area contributed by atoms with Crippen molar-refractivity contribution in [2.45, 2.75) is 46.1 Å². The second kappa shape index (κ2) is 6.30. The molecule has 1 N–H and O–H groups in total. The Hall–Kier alpha value is -1.32. The smallest absolute Gasteiger partial charge is 0.218 e. The fourth-order valence-electron chi connectivity index (χ4n) is 1.65. The number of hydrogen-bond acceptors (Lipinski definition) is 4. The van der Waals surface area contributed by atoms with Gasteiger partial charge in [0.1, 0.15) is 11.6 Å². The minimum atomic E-state index is 0.476. The monoisotopic (exact) mass is 223 g/mol. The van der Waals surface area contributed by atoms with Crippen LogP contribution in [0.3, 0.4) is 0 Å². The molecule has 1 unspecified atom stereocenters. The van der Waals surface area contributed by atoms with Crippen LogP contribution in [0.5, 0.6) is 5.88 Å². The Labute approximate surface area is 97.5 Å². The molecule has 0 bridgehead atoms. The van der Waals surface area contributed by atoms with Crippen molar-refractivity contribution in [3.05, 3.63) is 11.9 Å². The lowest BCUT2D eigenvalue weighted by Gasteiger charge is -2.17. The van der Waals surface area contributed by atoms with Crippen molar-refractivity contribution in [2.75, 3.05) is 12.4 Å². The second-order valence-corrected chi connectivity index (χ2v) is 3.88. The van der Waals surface area contributed by atoms with Crippen LogP contribution in [0.15, 0.2) is 6.07 Å². The van der Waals surface area contributed by atoms with Crippen molar-refractivity contribution >= 4 is 5.82 Å². The van der Waals surface area contributed by atoms with Crippen LogP contribution in [0.25, 0.3) is 0 Å². The highest BCUT2D eigenvalue weighted by Crippen LogP contribution is 2.15. The van der Waals surface area contributed by atoms with E-state index in [0.29, 0.717) is 11.9 Å². The van der Waals surface area contributed by atoms with Crippen LogP contribution >= 0.6 is 0 Å². The summed E-state index contributed by atoms with van der Waals surface area (Å²) in [5.74, 6) is 2.19. The summed E-state index contributed by atoms with van der Waals surface area (Å²) in [6, 6.07) is 2.31. The van der Waals surface area contributed by atoms with Crippen molar-refractivity contribution in [1.82, 2.24) is 9.97 Å². The van der Waals surface area contributed by atoms with Crippen LogP contribution in [0.1, 0.15) is 38.9 Å². The summed E-state index contributed by atoms with van der Waals surface area (Å²) >= 11 is 0. The van der Waals surface area contributed by atoms with Crippen molar-refractivity contribution in [3.8, 4) is 5.88 Å². The molecular formula is C12H21N3O. The Bertz CT molecular complexity index is 328. The lowest BCUT2D eigenvalue weighted by molar-refractivity contribution is 0.395. The minimum Gasteiger partial charge on any atom is -0.481 e. The summed E-state index contributed by atoms with van der Waals surface area (Å²) in [6.45, 7) is 6.24.